The molecule has 1 N–H and O–H groups in total. The Hall–Kier alpha value is -1.22. The molecule has 1 atom stereocenters. The second-order valence-electron chi connectivity index (χ2n) is 5.07. The Labute approximate surface area is 104 Å². The van der Waals surface area contributed by atoms with E-state index >= 15 is 0 Å². The molecule has 1 heterocycles. The van der Waals surface area contributed by atoms with E-state index in [1.807, 2.05) is 0 Å². The molecule has 1 aliphatic rings. The van der Waals surface area contributed by atoms with Gasteiger partial charge in [0.1, 0.15) is 5.75 Å². The number of benzene rings is 1. The van der Waals surface area contributed by atoms with Crippen LogP contribution < -0.4 is 10.1 Å². The van der Waals surface area contributed by atoms with Crippen molar-refractivity contribution in [3.05, 3.63) is 23.8 Å². The van der Waals surface area contributed by atoms with Gasteiger partial charge >= 0.3 is 0 Å². The minimum atomic E-state index is 0.743. The summed E-state index contributed by atoms with van der Waals surface area (Å²) < 4.78 is 5.26. The van der Waals surface area contributed by atoms with E-state index < -0.39 is 0 Å². The molecule has 94 valence electrons. The Bertz CT molecular complexity index is 376. The van der Waals surface area contributed by atoms with Gasteiger partial charge in [-0.25, -0.2) is 0 Å². The average molecular weight is 234 g/mol. The Morgan fingerprint density at radius 1 is 1.41 bits per heavy atom. The molecule has 1 unspecified atom stereocenters. The van der Waals surface area contributed by atoms with Crippen molar-refractivity contribution in [1.29, 1.82) is 0 Å². The summed E-state index contributed by atoms with van der Waals surface area (Å²) in [5, 5.41) is 3.50. The lowest BCUT2D eigenvalue weighted by Gasteiger charge is -2.19. The summed E-state index contributed by atoms with van der Waals surface area (Å²) in [6.07, 6.45) is 2.39. The van der Waals surface area contributed by atoms with Gasteiger partial charge in [-0.1, -0.05) is 6.07 Å². The summed E-state index contributed by atoms with van der Waals surface area (Å²) in [6, 6.07) is 6.35. The zero-order valence-electron chi connectivity index (χ0n) is 11.0. The van der Waals surface area contributed by atoms with Gasteiger partial charge in [-0.2, -0.15) is 0 Å². The van der Waals surface area contributed by atoms with Crippen molar-refractivity contribution in [2.45, 2.75) is 12.8 Å². The summed E-state index contributed by atoms with van der Waals surface area (Å²) in [5.41, 5.74) is 2.65. The number of hydrogen-bond donors (Lipinski definition) is 1. The number of anilines is 1. The van der Waals surface area contributed by atoms with Crippen LogP contribution in [0.2, 0.25) is 0 Å². The molecule has 3 nitrogen and oxygen atoms in total. The van der Waals surface area contributed by atoms with Crippen LogP contribution in [0.4, 0.5) is 5.69 Å². The molecule has 0 aromatic heterocycles. The summed E-state index contributed by atoms with van der Waals surface area (Å²) >= 11 is 0. The fraction of sp³-hybridized carbons (Fsp3) is 0.571. The van der Waals surface area contributed by atoms with E-state index in [1.54, 1.807) is 7.11 Å². The molecule has 0 aliphatic carbocycles. The van der Waals surface area contributed by atoms with Gasteiger partial charge in [0.15, 0.2) is 0 Å². The second kappa shape index (κ2) is 5.41. The van der Waals surface area contributed by atoms with Gasteiger partial charge in [-0.3, -0.25) is 0 Å². The first-order valence-electron chi connectivity index (χ1n) is 6.24. The van der Waals surface area contributed by atoms with Crippen molar-refractivity contribution in [3.8, 4) is 5.75 Å². The molecule has 0 fully saturated rings. The highest BCUT2D eigenvalue weighted by molar-refractivity contribution is 5.56. The Morgan fingerprint density at radius 2 is 2.24 bits per heavy atom. The minimum absolute atomic E-state index is 0.743. The first-order valence-corrected chi connectivity index (χ1v) is 6.24. The summed E-state index contributed by atoms with van der Waals surface area (Å²) in [7, 11) is 6.01. The van der Waals surface area contributed by atoms with Crippen molar-refractivity contribution in [3.63, 3.8) is 0 Å². The lowest BCUT2D eigenvalue weighted by atomic mass is 9.96. The van der Waals surface area contributed by atoms with E-state index in [0.29, 0.717) is 0 Å². The van der Waals surface area contributed by atoms with Gasteiger partial charge in [0.25, 0.3) is 0 Å². The van der Waals surface area contributed by atoms with Crippen LogP contribution >= 0.6 is 0 Å². The van der Waals surface area contributed by atoms with Crippen molar-refractivity contribution in [1.82, 2.24) is 4.90 Å². The van der Waals surface area contributed by atoms with Crippen LogP contribution in [0.15, 0.2) is 18.2 Å². The fourth-order valence-electron chi connectivity index (χ4n) is 2.52. The molecule has 0 bridgehead atoms. The maximum atomic E-state index is 5.26. The number of methoxy groups -OCH3 is 1. The molecule has 0 saturated carbocycles. The molecule has 0 saturated heterocycles. The van der Waals surface area contributed by atoms with Crippen LogP contribution in [0.3, 0.4) is 0 Å². The summed E-state index contributed by atoms with van der Waals surface area (Å²) in [6.45, 7) is 2.21. The summed E-state index contributed by atoms with van der Waals surface area (Å²) in [5.74, 6) is 1.68. The lowest BCUT2D eigenvalue weighted by molar-refractivity contribution is 0.316. The summed E-state index contributed by atoms with van der Waals surface area (Å²) in [4.78, 5) is 2.28. The molecule has 1 aromatic rings. The van der Waals surface area contributed by atoms with Crippen molar-refractivity contribution in [2.24, 2.45) is 5.92 Å². The monoisotopic (exact) mass is 234 g/mol. The molecule has 3 heteroatoms. The third-order valence-corrected chi connectivity index (χ3v) is 3.32. The largest absolute Gasteiger partial charge is 0.497 e. The minimum Gasteiger partial charge on any atom is -0.497 e. The number of nitrogens with one attached hydrogen (secondary N) is 1. The molecule has 1 aliphatic heterocycles. The zero-order chi connectivity index (χ0) is 12.3. The van der Waals surface area contributed by atoms with E-state index in [0.717, 1.165) is 31.2 Å². The molecular weight excluding hydrogens is 212 g/mol. The highest BCUT2D eigenvalue weighted by Crippen LogP contribution is 2.28. The first-order chi connectivity index (χ1) is 8.19. The van der Waals surface area contributed by atoms with E-state index in [1.165, 1.54) is 17.7 Å². The Balaban J connectivity index is 2.14. The molecule has 0 radical (unpaired) electrons. The van der Waals surface area contributed by atoms with Crippen molar-refractivity contribution in [2.75, 3.05) is 39.6 Å². The van der Waals surface area contributed by atoms with Crippen LogP contribution in [-0.4, -0.2) is 39.2 Å². The highest BCUT2D eigenvalue weighted by Gasteiger charge is 2.17. The van der Waals surface area contributed by atoms with Crippen molar-refractivity contribution < 1.29 is 4.74 Å². The number of fused-ring (bicyclic) bond motifs is 1. The van der Waals surface area contributed by atoms with Crippen LogP contribution in [0.5, 0.6) is 5.75 Å². The molecule has 2 rings (SSSR count). The third kappa shape index (κ3) is 3.13. The van der Waals surface area contributed by atoms with Crippen LogP contribution in [0, 0.1) is 5.92 Å². The predicted molar refractivity (Wildman–Crippen MR) is 71.8 cm³/mol. The number of nitrogens with zero attached hydrogens (tertiary/aromatic N) is 1. The van der Waals surface area contributed by atoms with Gasteiger partial charge in [0.05, 0.1) is 7.11 Å². The molecular formula is C14H22N2O. The topological polar surface area (TPSA) is 24.5 Å². The van der Waals surface area contributed by atoms with Crippen LogP contribution in [0.25, 0.3) is 0 Å². The van der Waals surface area contributed by atoms with E-state index in [9.17, 15) is 0 Å². The smallest absolute Gasteiger partial charge is 0.120 e. The van der Waals surface area contributed by atoms with Crippen LogP contribution in [-0.2, 0) is 6.42 Å². The van der Waals surface area contributed by atoms with Gasteiger partial charge in [0.2, 0.25) is 0 Å². The molecule has 0 amide bonds. The molecule has 0 spiro atoms. The maximum Gasteiger partial charge on any atom is 0.120 e. The second-order valence-corrected chi connectivity index (χ2v) is 5.07. The van der Waals surface area contributed by atoms with Crippen LogP contribution in [0.1, 0.15) is 12.0 Å². The molecule has 17 heavy (non-hydrogen) atoms. The normalized spacial score (nSPS) is 19.4. The Morgan fingerprint density at radius 3 is 2.94 bits per heavy atom. The van der Waals surface area contributed by atoms with E-state index in [2.05, 4.69) is 42.5 Å². The fourth-order valence-corrected chi connectivity index (χ4v) is 2.52. The van der Waals surface area contributed by atoms with Gasteiger partial charge in [-0.15, -0.1) is 0 Å². The van der Waals surface area contributed by atoms with E-state index in [4.69, 9.17) is 4.74 Å². The molecule has 1 aromatic carbocycles. The van der Waals surface area contributed by atoms with Gasteiger partial charge in [0, 0.05) is 24.8 Å². The van der Waals surface area contributed by atoms with Crippen molar-refractivity contribution >= 4 is 5.69 Å². The number of ether oxygens (including phenoxy) is 1. The van der Waals surface area contributed by atoms with E-state index in [-0.39, 0.29) is 0 Å². The number of hydrogen-bond acceptors (Lipinski definition) is 3. The highest BCUT2D eigenvalue weighted by atomic mass is 16.5. The first kappa shape index (κ1) is 12.2. The van der Waals surface area contributed by atoms with Gasteiger partial charge in [-0.05, 0) is 44.5 Å². The standard InChI is InChI=1S/C14H22N2O/c1-16(2)10-11-6-7-15-14-9-13(17-3)5-4-12(14)8-11/h4-5,9,11,15H,6-8,10H2,1-3H3. The third-order valence-electron chi connectivity index (χ3n) is 3.32. The average Bonchev–Trinajstić information content (AvgIpc) is 2.48. The predicted octanol–water partition coefficient (Wildman–Crippen LogP) is 2.23. The maximum absolute atomic E-state index is 5.26. The van der Waals surface area contributed by atoms with Gasteiger partial charge < -0.3 is 15.0 Å². The SMILES string of the molecule is COc1ccc2c(c1)NCCC(CN(C)C)C2. The zero-order valence-corrected chi connectivity index (χ0v) is 11.0. The Kier molecular flexibility index (Phi) is 3.89. The lowest BCUT2D eigenvalue weighted by Crippen LogP contribution is -2.23. The quantitative estimate of drug-likeness (QED) is 0.868. The number of rotatable bonds is 3.